The maximum Gasteiger partial charge on any atom is 0.177 e. The lowest BCUT2D eigenvalue weighted by atomic mass is 10.3. The molecule has 0 spiro atoms. The smallest absolute Gasteiger partial charge is 0.177 e. The standard InChI is InChI=1S/C8H5FS.C8H6S.C4H8O/c9-8-5-6-3-1-2-4-7(6)10-8;1-2-4-8-7(3-1)5-6-9-8;1-2-4-5-3-1/h1-5H;1-6H;1-4H2. The Kier molecular flexibility index (Phi) is 6.35. The molecule has 0 radical (unpaired) electrons. The Morgan fingerprint density at radius 3 is 2.08 bits per heavy atom. The molecule has 1 nitrogen and oxygen atoms in total. The minimum absolute atomic E-state index is 0.110. The van der Waals surface area contributed by atoms with Crippen LogP contribution in [0.25, 0.3) is 20.2 Å². The molecule has 5 rings (SSSR count). The summed E-state index contributed by atoms with van der Waals surface area (Å²) in [4.78, 5) is 0. The van der Waals surface area contributed by atoms with Crippen LogP contribution in [0.15, 0.2) is 66.0 Å². The summed E-state index contributed by atoms with van der Waals surface area (Å²) >= 11 is 2.97. The van der Waals surface area contributed by atoms with Crippen molar-refractivity contribution in [2.45, 2.75) is 12.8 Å². The number of hydrogen-bond acceptors (Lipinski definition) is 3. The Bertz CT molecular complexity index is 806. The van der Waals surface area contributed by atoms with Crippen LogP contribution in [0.5, 0.6) is 0 Å². The van der Waals surface area contributed by atoms with Crippen molar-refractivity contribution in [1.29, 1.82) is 0 Å². The van der Waals surface area contributed by atoms with E-state index < -0.39 is 0 Å². The molecular formula is C20H19FOS2. The Hall–Kier alpha value is -1.75. The van der Waals surface area contributed by atoms with Crippen molar-refractivity contribution in [3.05, 3.63) is 71.2 Å². The van der Waals surface area contributed by atoms with Gasteiger partial charge in [0.2, 0.25) is 0 Å². The normalized spacial score (nSPS) is 13.2. The van der Waals surface area contributed by atoms with E-state index in [1.165, 1.54) is 34.3 Å². The molecule has 0 bridgehead atoms. The largest absolute Gasteiger partial charge is 0.381 e. The predicted molar refractivity (Wildman–Crippen MR) is 104 cm³/mol. The van der Waals surface area contributed by atoms with Gasteiger partial charge in [0.1, 0.15) is 0 Å². The zero-order valence-corrected chi connectivity index (χ0v) is 14.9. The van der Waals surface area contributed by atoms with Gasteiger partial charge in [-0.1, -0.05) is 36.4 Å². The van der Waals surface area contributed by atoms with E-state index in [0.29, 0.717) is 0 Å². The van der Waals surface area contributed by atoms with Crippen molar-refractivity contribution in [2.75, 3.05) is 13.2 Å². The van der Waals surface area contributed by atoms with E-state index in [1.807, 2.05) is 24.3 Å². The molecule has 1 aliphatic rings. The second-order valence-electron chi connectivity index (χ2n) is 5.37. The number of rotatable bonds is 0. The van der Waals surface area contributed by atoms with Gasteiger partial charge in [-0.25, -0.2) is 0 Å². The number of halogens is 1. The maximum atomic E-state index is 12.5. The van der Waals surface area contributed by atoms with E-state index in [4.69, 9.17) is 4.74 Å². The Morgan fingerprint density at radius 2 is 1.46 bits per heavy atom. The molecule has 0 aliphatic carbocycles. The second-order valence-corrected chi connectivity index (χ2v) is 7.35. The number of benzene rings is 2. The molecule has 4 heteroatoms. The molecule has 0 unspecified atom stereocenters. The van der Waals surface area contributed by atoms with Gasteiger partial charge in [0.25, 0.3) is 0 Å². The monoisotopic (exact) mass is 358 g/mol. The summed E-state index contributed by atoms with van der Waals surface area (Å²) in [5.74, 6) is 0. The highest BCUT2D eigenvalue weighted by molar-refractivity contribution is 7.17. The molecular weight excluding hydrogens is 339 g/mol. The summed E-state index contributed by atoms with van der Waals surface area (Å²) in [7, 11) is 0. The molecule has 1 fully saturated rings. The van der Waals surface area contributed by atoms with Crippen molar-refractivity contribution >= 4 is 42.8 Å². The van der Waals surface area contributed by atoms with Crippen molar-refractivity contribution in [3.63, 3.8) is 0 Å². The highest BCUT2D eigenvalue weighted by atomic mass is 32.1. The van der Waals surface area contributed by atoms with Gasteiger partial charge in [-0.15, -0.1) is 22.7 Å². The van der Waals surface area contributed by atoms with Crippen LogP contribution in [0, 0.1) is 5.13 Å². The van der Waals surface area contributed by atoms with Gasteiger partial charge in [0.05, 0.1) is 0 Å². The summed E-state index contributed by atoms with van der Waals surface area (Å²) in [6.45, 7) is 2.00. The second kappa shape index (κ2) is 8.92. The van der Waals surface area contributed by atoms with Gasteiger partial charge in [0, 0.05) is 22.6 Å². The van der Waals surface area contributed by atoms with Crippen molar-refractivity contribution in [1.82, 2.24) is 0 Å². The van der Waals surface area contributed by atoms with E-state index in [1.54, 1.807) is 17.4 Å². The van der Waals surface area contributed by atoms with Gasteiger partial charge < -0.3 is 4.74 Å². The Labute approximate surface area is 149 Å². The molecule has 24 heavy (non-hydrogen) atoms. The van der Waals surface area contributed by atoms with E-state index in [0.717, 1.165) is 23.3 Å². The first kappa shape index (κ1) is 17.1. The van der Waals surface area contributed by atoms with Gasteiger partial charge in [-0.3, -0.25) is 0 Å². The van der Waals surface area contributed by atoms with E-state index in [-0.39, 0.29) is 5.13 Å². The van der Waals surface area contributed by atoms with E-state index in [2.05, 4.69) is 35.7 Å². The van der Waals surface area contributed by atoms with Crippen molar-refractivity contribution in [2.24, 2.45) is 0 Å². The number of ether oxygens (including phenoxy) is 1. The average Bonchev–Trinajstić information content (AvgIpc) is 3.36. The summed E-state index contributed by atoms with van der Waals surface area (Å²) < 4.78 is 19.9. The van der Waals surface area contributed by atoms with Crippen molar-refractivity contribution < 1.29 is 9.13 Å². The minimum atomic E-state index is -0.110. The third kappa shape index (κ3) is 4.87. The fraction of sp³-hybridized carbons (Fsp3) is 0.200. The Morgan fingerprint density at radius 1 is 0.792 bits per heavy atom. The zero-order chi connectivity index (χ0) is 16.6. The predicted octanol–water partition coefficient (Wildman–Crippen LogP) is 6.74. The summed E-state index contributed by atoms with van der Waals surface area (Å²) in [5.41, 5.74) is 0. The van der Waals surface area contributed by atoms with Crippen LogP contribution in [0.3, 0.4) is 0 Å². The molecule has 4 aromatic rings. The molecule has 0 amide bonds. The lowest BCUT2D eigenvalue weighted by Crippen LogP contribution is -1.74. The fourth-order valence-electron chi connectivity index (χ4n) is 2.37. The molecule has 1 aliphatic heterocycles. The van der Waals surface area contributed by atoms with Gasteiger partial charge in [-0.05, 0) is 53.3 Å². The van der Waals surface area contributed by atoms with Gasteiger partial charge in [-0.2, -0.15) is 4.39 Å². The van der Waals surface area contributed by atoms with Crippen LogP contribution >= 0.6 is 22.7 Å². The van der Waals surface area contributed by atoms with Gasteiger partial charge >= 0.3 is 0 Å². The number of fused-ring (bicyclic) bond motifs is 2. The average molecular weight is 359 g/mol. The van der Waals surface area contributed by atoms with E-state index in [9.17, 15) is 4.39 Å². The lowest BCUT2D eigenvalue weighted by molar-refractivity contribution is 0.198. The zero-order valence-electron chi connectivity index (χ0n) is 13.3. The van der Waals surface area contributed by atoms with Crippen LogP contribution in [0.4, 0.5) is 4.39 Å². The highest BCUT2D eigenvalue weighted by Crippen LogP contribution is 2.23. The first-order valence-electron chi connectivity index (χ1n) is 7.97. The molecule has 0 atom stereocenters. The Balaban J connectivity index is 0.000000112. The van der Waals surface area contributed by atoms with Gasteiger partial charge in [0.15, 0.2) is 5.13 Å². The lowest BCUT2D eigenvalue weighted by Gasteiger charge is -1.82. The number of hydrogen-bond donors (Lipinski definition) is 0. The highest BCUT2D eigenvalue weighted by Gasteiger charge is 1.97. The van der Waals surface area contributed by atoms with E-state index >= 15 is 0 Å². The summed E-state index contributed by atoms with van der Waals surface area (Å²) in [6.07, 6.45) is 2.56. The molecule has 3 heterocycles. The molecule has 0 N–H and O–H groups in total. The topological polar surface area (TPSA) is 9.23 Å². The quantitative estimate of drug-likeness (QED) is 0.338. The van der Waals surface area contributed by atoms with Crippen LogP contribution in [0.1, 0.15) is 12.8 Å². The van der Waals surface area contributed by atoms with Crippen LogP contribution in [-0.2, 0) is 4.74 Å². The SMILES string of the molecule is C1CCOC1.Fc1cc2ccccc2s1.c1ccc2sccc2c1. The first-order valence-corrected chi connectivity index (χ1v) is 9.66. The summed E-state index contributed by atoms with van der Waals surface area (Å²) in [6, 6.07) is 19.8. The third-order valence-electron chi connectivity index (χ3n) is 3.58. The molecule has 1 saturated heterocycles. The fourth-order valence-corrected chi connectivity index (χ4v) is 3.94. The molecule has 2 aromatic heterocycles. The van der Waals surface area contributed by atoms with Crippen molar-refractivity contribution in [3.8, 4) is 0 Å². The number of thiophene rings is 2. The van der Waals surface area contributed by atoms with Crippen LogP contribution in [-0.4, -0.2) is 13.2 Å². The molecule has 0 saturated carbocycles. The van der Waals surface area contributed by atoms with Crippen LogP contribution < -0.4 is 0 Å². The molecule has 2 aromatic carbocycles. The third-order valence-corrected chi connectivity index (χ3v) is 5.39. The molecule has 124 valence electrons. The van der Waals surface area contributed by atoms with Crippen LogP contribution in [0.2, 0.25) is 0 Å². The first-order chi connectivity index (χ1) is 11.8. The minimum Gasteiger partial charge on any atom is -0.381 e. The maximum absolute atomic E-state index is 12.5. The summed E-state index contributed by atoms with van der Waals surface area (Å²) in [5, 5.41) is 4.35.